The summed E-state index contributed by atoms with van der Waals surface area (Å²) in [6.45, 7) is 5.95. The molecule has 126 valence electrons. The van der Waals surface area contributed by atoms with E-state index in [2.05, 4.69) is 16.4 Å². The van der Waals surface area contributed by atoms with Gasteiger partial charge in [-0.25, -0.2) is 4.98 Å². The lowest BCUT2D eigenvalue weighted by atomic mass is 9.92. The number of benzene rings is 1. The lowest BCUT2D eigenvalue weighted by Gasteiger charge is -2.25. The van der Waals surface area contributed by atoms with E-state index in [0.29, 0.717) is 23.2 Å². The van der Waals surface area contributed by atoms with Crippen molar-refractivity contribution in [2.75, 3.05) is 0 Å². The first-order valence-electron chi connectivity index (χ1n) is 8.01. The third-order valence-electron chi connectivity index (χ3n) is 3.79. The second-order valence-corrected chi connectivity index (χ2v) is 6.60. The molecule has 24 heavy (non-hydrogen) atoms. The van der Waals surface area contributed by atoms with Gasteiger partial charge in [0.25, 0.3) is 5.56 Å². The van der Waals surface area contributed by atoms with Gasteiger partial charge in [0.05, 0.1) is 23.3 Å². The zero-order valence-electron chi connectivity index (χ0n) is 14.2. The van der Waals surface area contributed by atoms with Crippen molar-refractivity contribution >= 4 is 16.8 Å². The number of nitriles is 1. The zero-order chi connectivity index (χ0) is 17.7. The van der Waals surface area contributed by atoms with Gasteiger partial charge in [-0.05, 0) is 31.4 Å². The fraction of sp³-hybridized carbons (Fsp3) is 0.444. The highest BCUT2D eigenvalue weighted by atomic mass is 16.2. The third-order valence-corrected chi connectivity index (χ3v) is 3.79. The molecule has 1 N–H and O–H groups in total. The molecule has 0 aliphatic heterocycles. The molecule has 0 aliphatic rings. The highest BCUT2D eigenvalue weighted by molar-refractivity contribution is 5.78. The van der Waals surface area contributed by atoms with Gasteiger partial charge in [-0.2, -0.15) is 5.26 Å². The van der Waals surface area contributed by atoms with Crippen LogP contribution in [-0.4, -0.2) is 21.0 Å². The third kappa shape index (κ3) is 4.19. The van der Waals surface area contributed by atoms with Gasteiger partial charge in [0.2, 0.25) is 5.91 Å². The number of carbonyl (C=O) groups excluding carboxylic acids is 1. The van der Waals surface area contributed by atoms with Crippen LogP contribution < -0.4 is 10.9 Å². The molecule has 0 radical (unpaired) electrons. The van der Waals surface area contributed by atoms with Crippen LogP contribution in [0, 0.1) is 17.2 Å². The van der Waals surface area contributed by atoms with Gasteiger partial charge >= 0.3 is 0 Å². The molecule has 0 saturated carbocycles. The largest absolute Gasteiger partial charge is 0.338 e. The molecule has 6 heteroatoms. The molecule has 0 saturated heterocycles. The normalized spacial score (nSPS) is 13.5. The summed E-state index contributed by atoms with van der Waals surface area (Å²) in [5.41, 5.74) is -0.423. The van der Waals surface area contributed by atoms with Gasteiger partial charge in [0, 0.05) is 13.0 Å². The predicted molar refractivity (Wildman–Crippen MR) is 92.2 cm³/mol. The average Bonchev–Trinajstić information content (AvgIpc) is 2.53. The average molecular weight is 326 g/mol. The number of para-hydroxylation sites is 1. The molecule has 1 amide bonds. The molecule has 0 unspecified atom stereocenters. The minimum atomic E-state index is -0.891. The van der Waals surface area contributed by atoms with Crippen molar-refractivity contribution < 1.29 is 4.79 Å². The Morgan fingerprint density at radius 1 is 1.42 bits per heavy atom. The topological polar surface area (TPSA) is 87.8 Å². The summed E-state index contributed by atoms with van der Waals surface area (Å²) in [6, 6.07) is 9.26. The molecule has 6 nitrogen and oxygen atoms in total. The van der Waals surface area contributed by atoms with Gasteiger partial charge in [0.15, 0.2) is 0 Å². The van der Waals surface area contributed by atoms with E-state index in [-0.39, 0.29) is 24.4 Å². The molecule has 0 bridgehead atoms. The summed E-state index contributed by atoms with van der Waals surface area (Å²) in [5.74, 6) is 0.0435. The van der Waals surface area contributed by atoms with E-state index in [1.54, 1.807) is 25.1 Å². The zero-order valence-corrected chi connectivity index (χ0v) is 14.2. The Balaban J connectivity index is 2.06. The fourth-order valence-corrected chi connectivity index (χ4v) is 2.80. The summed E-state index contributed by atoms with van der Waals surface area (Å²) >= 11 is 0. The summed E-state index contributed by atoms with van der Waals surface area (Å²) in [5, 5.41) is 12.6. The number of rotatable bonds is 6. The van der Waals surface area contributed by atoms with Crippen molar-refractivity contribution in [2.45, 2.75) is 45.7 Å². The second kappa shape index (κ2) is 7.26. The first kappa shape index (κ1) is 17.7. The number of nitrogens with zero attached hydrogens (tertiary/aromatic N) is 3. The van der Waals surface area contributed by atoms with E-state index in [1.807, 2.05) is 19.9 Å². The number of aromatic nitrogens is 2. The Morgan fingerprint density at radius 3 is 2.79 bits per heavy atom. The van der Waals surface area contributed by atoms with Crippen LogP contribution in [0.1, 0.15) is 33.6 Å². The molecular weight excluding hydrogens is 304 g/mol. The number of aryl methyl sites for hydroxylation is 1. The van der Waals surface area contributed by atoms with Crippen molar-refractivity contribution in [2.24, 2.45) is 5.92 Å². The van der Waals surface area contributed by atoms with Gasteiger partial charge in [-0.3, -0.25) is 14.2 Å². The smallest absolute Gasteiger partial charge is 0.261 e. The molecule has 1 aromatic carbocycles. The van der Waals surface area contributed by atoms with Crippen molar-refractivity contribution in [1.29, 1.82) is 5.26 Å². The molecule has 0 aliphatic carbocycles. The van der Waals surface area contributed by atoms with Gasteiger partial charge in [-0.1, -0.05) is 26.0 Å². The van der Waals surface area contributed by atoms with Crippen molar-refractivity contribution in [3.8, 4) is 6.07 Å². The van der Waals surface area contributed by atoms with Crippen LogP contribution in [0.15, 0.2) is 35.4 Å². The maximum Gasteiger partial charge on any atom is 0.261 e. The van der Waals surface area contributed by atoms with E-state index in [9.17, 15) is 14.9 Å². The predicted octanol–water partition coefficient (Wildman–Crippen LogP) is 2.23. The Bertz CT molecular complexity index is 835. The highest BCUT2D eigenvalue weighted by Gasteiger charge is 2.26. The monoisotopic (exact) mass is 326 g/mol. The molecular formula is C18H22N4O2. The quantitative estimate of drug-likeness (QED) is 0.881. The summed E-state index contributed by atoms with van der Waals surface area (Å²) < 4.78 is 1.42. The lowest BCUT2D eigenvalue weighted by molar-refractivity contribution is -0.122. The van der Waals surface area contributed by atoms with Crippen molar-refractivity contribution in [1.82, 2.24) is 14.9 Å². The molecule has 2 rings (SSSR count). The summed E-state index contributed by atoms with van der Waals surface area (Å²) in [4.78, 5) is 28.7. The number of carbonyl (C=O) groups is 1. The van der Waals surface area contributed by atoms with E-state index in [4.69, 9.17) is 0 Å². The fourth-order valence-electron chi connectivity index (χ4n) is 2.80. The number of amides is 1. The second-order valence-electron chi connectivity index (χ2n) is 6.60. The molecule has 2 aromatic rings. The number of fused-ring (bicyclic) bond motifs is 1. The minimum Gasteiger partial charge on any atom is -0.338 e. The van der Waals surface area contributed by atoms with E-state index >= 15 is 0 Å². The maximum absolute atomic E-state index is 12.4. The number of hydrogen-bond donors (Lipinski definition) is 1. The Labute approximate surface area is 141 Å². The minimum absolute atomic E-state index is 0.120. The van der Waals surface area contributed by atoms with Crippen molar-refractivity contribution in [3.05, 3.63) is 40.9 Å². The molecule has 1 atom stereocenters. The van der Waals surface area contributed by atoms with Gasteiger partial charge in [-0.15, -0.1) is 0 Å². The van der Waals surface area contributed by atoms with Crippen LogP contribution in [0.3, 0.4) is 0 Å². The van der Waals surface area contributed by atoms with Crippen LogP contribution in [0.25, 0.3) is 10.9 Å². The number of nitrogens with one attached hydrogen (secondary N) is 1. The van der Waals surface area contributed by atoms with Crippen molar-refractivity contribution in [3.63, 3.8) is 0 Å². The van der Waals surface area contributed by atoms with Gasteiger partial charge < -0.3 is 5.32 Å². The summed E-state index contributed by atoms with van der Waals surface area (Å²) in [6.07, 6.45) is 2.15. The SMILES string of the molecule is CC(C)C[C@](C)(C#N)NC(=O)CCn1cnc2ccccc2c1=O. The standard InChI is InChI=1S/C18H22N4O2/c1-13(2)10-18(3,11-19)21-16(23)8-9-22-12-20-15-7-5-4-6-14(15)17(22)24/h4-7,12-13H,8-10H2,1-3H3,(H,21,23)/t18-/m1/s1. The van der Waals surface area contributed by atoms with Gasteiger partial charge in [0.1, 0.15) is 5.54 Å². The molecule has 0 fully saturated rings. The Kier molecular flexibility index (Phi) is 5.35. The first-order chi connectivity index (χ1) is 11.3. The van der Waals surface area contributed by atoms with E-state index in [0.717, 1.165) is 0 Å². The molecule has 1 heterocycles. The first-order valence-corrected chi connectivity index (χ1v) is 8.01. The summed E-state index contributed by atoms with van der Waals surface area (Å²) in [7, 11) is 0. The molecule has 0 spiro atoms. The lowest BCUT2D eigenvalue weighted by Crippen LogP contribution is -2.46. The van der Waals surface area contributed by atoms with Crippen LogP contribution >= 0.6 is 0 Å². The van der Waals surface area contributed by atoms with Crippen LogP contribution in [0.5, 0.6) is 0 Å². The van der Waals surface area contributed by atoms with E-state index < -0.39 is 5.54 Å². The number of hydrogen-bond acceptors (Lipinski definition) is 4. The van der Waals surface area contributed by atoms with Crippen LogP contribution in [0.2, 0.25) is 0 Å². The van der Waals surface area contributed by atoms with Crippen LogP contribution in [0.4, 0.5) is 0 Å². The Morgan fingerprint density at radius 2 is 2.12 bits per heavy atom. The highest BCUT2D eigenvalue weighted by Crippen LogP contribution is 2.15. The maximum atomic E-state index is 12.4. The van der Waals surface area contributed by atoms with E-state index in [1.165, 1.54) is 10.9 Å². The molecule has 1 aromatic heterocycles. The van der Waals surface area contributed by atoms with Crippen LogP contribution in [-0.2, 0) is 11.3 Å². The Hall–Kier alpha value is -2.68.